The fourth-order valence-corrected chi connectivity index (χ4v) is 1.76. The van der Waals surface area contributed by atoms with Gasteiger partial charge in [0.2, 0.25) is 0 Å². The van der Waals surface area contributed by atoms with Crippen LogP contribution < -0.4 is 11.1 Å². The molecule has 0 unspecified atom stereocenters. The quantitative estimate of drug-likeness (QED) is 0.851. The van der Waals surface area contributed by atoms with Crippen LogP contribution in [0.15, 0.2) is 36.7 Å². The average Bonchev–Trinajstić information content (AvgIpc) is 2.78. The van der Waals surface area contributed by atoms with Crippen molar-refractivity contribution in [3.63, 3.8) is 0 Å². The normalized spacial score (nSPS) is 12.5. The second kappa shape index (κ2) is 5.51. The number of rotatable bonds is 3. The zero-order chi connectivity index (χ0) is 16.5. The summed E-state index contributed by atoms with van der Waals surface area (Å²) < 4.78 is 39.2. The molecule has 2 heterocycles. The Balaban J connectivity index is 2.55. The summed E-state index contributed by atoms with van der Waals surface area (Å²) in [7, 11) is 0. The second-order valence-electron chi connectivity index (χ2n) is 4.24. The van der Waals surface area contributed by atoms with E-state index in [1.807, 2.05) is 0 Å². The van der Waals surface area contributed by atoms with Crippen molar-refractivity contribution in [3.8, 4) is 0 Å². The molecule has 9 heteroatoms. The molecule has 0 spiro atoms. The fraction of sp³-hybridized carbons (Fsp3) is 0.154. The van der Waals surface area contributed by atoms with Gasteiger partial charge in [0.1, 0.15) is 11.3 Å². The topological polar surface area (TPSA) is 85.3 Å². The van der Waals surface area contributed by atoms with Crippen LogP contribution in [-0.2, 0) is 6.18 Å². The second-order valence-corrected chi connectivity index (χ2v) is 4.24. The monoisotopic (exact) mass is 311 g/mol. The third-order valence-corrected chi connectivity index (χ3v) is 2.82. The van der Waals surface area contributed by atoms with E-state index in [-0.39, 0.29) is 17.0 Å². The van der Waals surface area contributed by atoms with Crippen molar-refractivity contribution in [1.29, 1.82) is 0 Å². The Morgan fingerprint density at radius 2 is 2.18 bits per heavy atom. The molecule has 3 N–H and O–H groups in total. The number of aromatic nitrogens is 3. The number of nitrogens with zero attached hydrogens (tertiary/aromatic N) is 3. The predicted octanol–water partition coefficient (Wildman–Crippen LogP) is 2.15. The lowest BCUT2D eigenvalue weighted by Crippen LogP contribution is -2.23. The van der Waals surface area contributed by atoms with Crippen LogP contribution in [0.1, 0.15) is 23.0 Å². The first-order valence-electron chi connectivity index (χ1n) is 6.10. The molecule has 0 bridgehead atoms. The molecule has 0 aromatic carbocycles. The van der Waals surface area contributed by atoms with E-state index in [0.717, 1.165) is 16.8 Å². The number of halogens is 3. The molecule has 6 nitrogen and oxygen atoms in total. The average molecular weight is 311 g/mol. The van der Waals surface area contributed by atoms with E-state index < -0.39 is 17.8 Å². The van der Waals surface area contributed by atoms with Crippen LogP contribution in [0.3, 0.4) is 0 Å². The van der Waals surface area contributed by atoms with Crippen molar-refractivity contribution in [2.75, 3.05) is 5.73 Å². The van der Waals surface area contributed by atoms with Gasteiger partial charge in [-0.05, 0) is 19.1 Å². The van der Waals surface area contributed by atoms with Gasteiger partial charge in [-0.3, -0.25) is 4.79 Å². The molecule has 0 saturated heterocycles. The molecule has 0 radical (unpaired) electrons. The van der Waals surface area contributed by atoms with Crippen LogP contribution in [-0.4, -0.2) is 20.5 Å². The zero-order valence-corrected chi connectivity index (χ0v) is 11.5. The Hall–Kier alpha value is -2.84. The summed E-state index contributed by atoms with van der Waals surface area (Å²) >= 11 is 0. The highest BCUT2D eigenvalue weighted by atomic mass is 19.4. The summed E-state index contributed by atoms with van der Waals surface area (Å²) in [4.78, 5) is 15.6. The highest BCUT2D eigenvalue weighted by Crippen LogP contribution is 2.28. The van der Waals surface area contributed by atoms with Gasteiger partial charge in [-0.1, -0.05) is 12.7 Å². The van der Waals surface area contributed by atoms with Gasteiger partial charge in [0.25, 0.3) is 5.91 Å². The van der Waals surface area contributed by atoms with E-state index in [2.05, 4.69) is 22.0 Å². The Morgan fingerprint density at radius 1 is 1.50 bits per heavy atom. The summed E-state index contributed by atoms with van der Waals surface area (Å²) in [6, 6.07) is 0.752. The summed E-state index contributed by atoms with van der Waals surface area (Å²) in [5, 5.41) is 6.23. The molecule has 1 amide bonds. The molecule has 116 valence electrons. The lowest BCUT2D eigenvalue weighted by atomic mass is 10.2. The predicted molar refractivity (Wildman–Crippen MR) is 73.8 cm³/mol. The third kappa shape index (κ3) is 2.78. The Bertz CT molecular complexity index is 776. The SMILES string of the molecule is C=CC(=CC)NC(=O)c1c(N)nn2ccc(C(F)(F)F)nc12. The number of allylic oxidation sites excluding steroid dienone is 2. The highest BCUT2D eigenvalue weighted by Gasteiger charge is 2.33. The van der Waals surface area contributed by atoms with Gasteiger partial charge in [0.05, 0.1) is 0 Å². The van der Waals surface area contributed by atoms with Gasteiger partial charge in [-0.2, -0.15) is 13.2 Å². The van der Waals surface area contributed by atoms with Gasteiger partial charge in [0, 0.05) is 11.9 Å². The van der Waals surface area contributed by atoms with Gasteiger partial charge >= 0.3 is 6.18 Å². The fourth-order valence-electron chi connectivity index (χ4n) is 1.76. The van der Waals surface area contributed by atoms with Crippen molar-refractivity contribution < 1.29 is 18.0 Å². The van der Waals surface area contributed by atoms with Gasteiger partial charge in [-0.25, -0.2) is 9.50 Å². The lowest BCUT2D eigenvalue weighted by Gasteiger charge is -2.07. The number of carbonyl (C=O) groups excluding carboxylic acids is 1. The molecule has 2 aromatic rings. The largest absolute Gasteiger partial charge is 0.433 e. The van der Waals surface area contributed by atoms with Crippen LogP contribution in [0.25, 0.3) is 5.65 Å². The first-order chi connectivity index (χ1) is 10.3. The number of nitrogens with two attached hydrogens (primary N) is 1. The van der Waals surface area contributed by atoms with Crippen LogP contribution in [0.4, 0.5) is 19.0 Å². The lowest BCUT2D eigenvalue weighted by molar-refractivity contribution is -0.141. The maximum absolute atomic E-state index is 12.7. The van der Waals surface area contributed by atoms with Gasteiger partial charge in [-0.15, -0.1) is 5.10 Å². The van der Waals surface area contributed by atoms with E-state index in [4.69, 9.17) is 5.73 Å². The Morgan fingerprint density at radius 3 is 2.73 bits per heavy atom. The van der Waals surface area contributed by atoms with Crippen LogP contribution in [0.5, 0.6) is 0 Å². The van der Waals surface area contributed by atoms with E-state index in [9.17, 15) is 18.0 Å². The van der Waals surface area contributed by atoms with Crippen molar-refractivity contribution in [1.82, 2.24) is 19.9 Å². The summed E-state index contributed by atoms with van der Waals surface area (Å²) in [6.07, 6.45) is -0.637. The molecule has 0 aliphatic carbocycles. The van der Waals surface area contributed by atoms with Crippen molar-refractivity contribution >= 4 is 17.4 Å². The maximum atomic E-state index is 12.7. The Labute approximate surface area is 123 Å². The van der Waals surface area contributed by atoms with E-state index in [0.29, 0.717) is 5.70 Å². The first-order valence-corrected chi connectivity index (χ1v) is 6.10. The van der Waals surface area contributed by atoms with E-state index >= 15 is 0 Å². The minimum atomic E-state index is -4.63. The molecule has 0 saturated carbocycles. The summed E-state index contributed by atoms with van der Waals surface area (Å²) in [5.74, 6) is -0.934. The zero-order valence-electron chi connectivity index (χ0n) is 11.5. The molecule has 22 heavy (non-hydrogen) atoms. The highest BCUT2D eigenvalue weighted by molar-refractivity contribution is 6.05. The molecule has 2 aromatic heterocycles. The molecular formula is C13H12F3N5O. The van der Waals surface area contributed by atoms with Crippen molar-refractivity contribution in [2.45, 2.75) is 13.1 Å². The van der Waals surface area contributed by atoms with Crippen LogP contribution in [0.2, 0.25) is 0 Å². The number of alkyl halides is 3. The Kier molecular flexibility index (Phi) is 3.89. The number of nitrogens with one attached hydrogen (secondary N) is 1. The third-order valence-electron chi connectivity index (χ3n) is 2.82. The maximum Gasteiger partial charge on any atom is 0.433 e. The van der Waals surface area contributed by atoms with E-state index in [1.54, 1.807) is 13.0 Å². The number of carbonyl (C=O) groups is 1. The van der Waals surface area contributed by atoms with Crippen LogP contribution in [0, 0.1) is 0 Å². The molecule has 0 aliphatic heterocycles. The van der Waals surface area contributed by atoms with Gasteiger partial charge < -0.3 is 11.1 Å². The molecule has 0 atom stereocenters. The molecule has 0 fully saturated rings. The van der Waals surface area contributed by atoms with Crippen LogP contribution >= 0.6 is 0 Å². The molecular weight excluding hydrogens is 299 g/mol. The van der Waals surface area contributed by atoms with Crippen molar-refractivity contribution in [2.24, 2.45) is 0 Å². The number of amides is 1. The molecule has 0 aliphatic rings. The number of nitrogen functional groups attached to an aromatic ring is 1. The number of anilines is 1. The minimum absolute atomic E-state index is 0.219. The van der Waals surface area contributed by atoms with Crippen molar-refractivity contribution in [3.05, 3.63) is 47.9 Å². The number of hydrogen-bond donors (Lipinski definition) is 2. The summed E-state index contributed by atoms with van der Waals surface area (Å²) in [6.45, 7) is 5.16. The van der Waals surface area contributed by atoms with Gasteiger partial charge in [0.15, 0.2) is 11.5 Å². The smallest absolute Gasteiger partial charge is 0.381 e. The first kappa shape index (κ1) is 15.5. The number of hydrogen-bond acceptors (Lipinski definition) is 4. The summed E-state index contributed by atoms with van der Waals surface area (Å²) in [5.41, 5.74) is 4.36. The standard InChI is InChI=1S/C13H12F3N5O/c1-3-7(4-2)18-12(22)9-10(17)20-21-6-5-8(13(14,15)16)19-11(9)21/h3-6H,1H2,2H3,(H2,17,20)(H,18,22). The van der Waals surface area contributed by atoms with E-state index in [1.165, 1.54) is 6.08 Å². The molecule has 2 rings (SSSR count). The number of fused-ring (bicyclic) bond motifs is 1. The minimum Gasteiger partial charge on any atom is -0.381 e.